The van der Waals surface area contributed by atoms with Crippen molar-refractivity contribution in [2.24, 2.45) is 17.8 Å². The summed E-state index contributed by atoms with van der Waals surface area (Å²) in [5.41, 5.74) is 1.28. The summed E-state index contributed by atoms with van der Waals surface area (Å²) < 4.78 is 0. The molecule has 1 aliphatic heterocycles. The van der Waals surface area contributed by atoms with Gasteiger partial charge in [0, 0.05) is 12.1 Å². The summed E-state index contributed by atoms with van der Waals surface area (Å²) in [5.74, 6) is -0.645. The number of carbonyl (C=O) groups excluding carboxylic acids is 3. The highest BCUT2D eigenvalue weighted by Gasteiger charge is 2.50. The molecule has 0 aromatic heterocycles. The monoisotopic (exact) mass is 438 g/mol. The van der Waals surface area contributed by atoms with E-state index >= 15 is 0 Å². The average molecular weight is 439 g/mol. The second-order valence-corrected chi connectivity index (χ2v) is 9.34. The zero-order valence-electron chi connectivity index (χ0n) is 19.6. The molecular weight excluding hydrogens is 400 g/mol. The third kappa shape index (κ3) is 6.08. The number of hydrogen-bond donors (Lipinski definition) is 1. The zero-order valence-corrected chi connectivity index (χ0v) is 19.6. The van der Waals surface area contributed by atoms with Gasteiger partial charge in [-0.25, -0.2) is 0 Å². The van der Waals surface area contributed by atoms with E-state index in [0.29, 0.717) is 24.2 Å². The summed E-state index contributed by atoms with van der Waals surface area (Å²) in [6, 6.07) is 7.04. The Morgan fingerprint density at radius 2 is 1.56 bits per heavy atom. The molecule has 32 heavy (non-hydrogen) atoms. The number of rotatable bonds is 12. The van der Waals surface area contributed by atoms with Gasteiger partial charge in [-0.2, -0.15) is 0 Å². The van der Waals surface area contributed by atoms with E-state index in [0.717, 1.165) is 12.8 Å². The molecule has 1 N–H and O–H groups in total. The van der Waals surface area contributed by atoms with Gasteiger partial charge >= 0.3 is 0 Å². The van der Waals surface area contributed by atoms with E-state index < -0.39 is 0 Å². The number of allylic oxidation sites excluding steroid dienone is 2. The quantitative estimate of drug-likeness (QED) is 0.238. The van der Waals surface area contributed by atoms with E-state index in [-0.39, 0.29) is 35.5 Å². The third-order valence-electron chi connectivity index (χ3n) is 6.79. The molecule has 3 rings (SSSR count). The van der Waals surface area contributed by atoms with E-state index in [1.54, 1.807) is 24.3 Å². The first-order valence-electron chi connectivity index (χ1n) is 12.5. The topological polar surface area (TPSA) is 66.5 Å². The van der Waals surface area contributed by atoms with Crippen molar-refractivity contribution in [1.82, 2.24) is 0 Å². The first kappa shape index (κ1) is 24.2. The third-order valence-corrected chi connectivity index (χ3v) is 6.79. The van der Waals surface area contributed by atoms with Crippen molar-refractivity contribution >= 4 is 29.1 Å². The van der Waals surface area contributed by atoms with Crippen LogP contribution in [-0.2, 0) is 14.4 Å². The van der Waals surface area contributed by atoms with Gasteiger partial charge in [0.2, 0.25) is 17.7 Å². The first-order valence-corrected chi connectivity index (χ1v) is 12.5. The molecule has 0 saturated carbocycles. The van der Waals surface area contributed by atoms with E-state index in [1.165, 1.54) is 49.8 Å². The minimum absolute atomic E-state index is 0.0138. The summed E-state index contributed by atoms with van der Waals surface area (Å²) in [6.07, 6.45) is 16.2. The van der Waals surface area contributed by atoms with Crippen molar-refractivity contribution < 1.29 is 14.4 Å². The van der Waals surface area contributed by atoms with E-state index in [9.17, 15) is 14.4 Å². The Morgan fingerprint density at radius 3 is 2.19 bits per heavy atom. The molecule has 5 nitrogen and oxygen atoms in total. The van der Waals surface area contributed by atoms with Crippen LogP contribution in [0.15, 0.2) is 36.4 Å². The Bertz CT molecular complexity index is 815. The van der Waals surface area contributed by atoms with Crippen molar-refractivity contribution in [2.75, 3.05) is 10.2 Å². The molecule has 1 heterocycles. The van der Waals surface area contributed by atoms with Crippen LogP contribution < -0.4 is 10.2 Å². The molecule has 1 saturated heterocycles. The number of anilines is 2. The fourth-order valence-electron chi connectivity index (χ4n) is 4.92. The fraction of sp³-hybridized carbons (Fsp3) is 0.593. The molecule has 1 aromatic rings. The van der Waals surface area contributed by atoms with Gasteiger partial charge in [0.05, 0.1) is 17.5 Å². The molecule has 0 spiro atoms. The lowest BCUT2D eigenvalue weighted by Crippen LogP contribution is -2.31. The summed E-state index contributed by atoms with van der Waals surface area (Å²) in [6.45, 7) is 4.23. The molecule has 174 valence electrons. The average Bonchev–Trinajstić information content (AvgIpc) is 3.04. The number of nitrogens with one attached hydrogen (secondary N) is 1. The van der Waals surface area contributed by atoms with Gasteiger partial charge in [-0.3, -0.25) is 19.3 Å². The van der Waals surface area contributed by atoms with E-state index in [4.69, 9.17) is 0 Å². The first-order chi connectivity index (χ1) is 15.5. The SMILES string of the molecule is CCCCCCCCCCCC(=O)Nc1ccc(N2C(=O)[C@@H]3[C@H](C)C=CC[C@H]3C2=O)cc1. The summed E-state index contributed by atoms with van der Waals surface area (Å²) in [4.78, 5) is 39.3. The van der Waals surface area contributed by atoms with Gasteiger partial charge in [0.25, 0.3) is 0 Å². The van der Waals surface area contributed by atoms with Crippen LogP contribution in [0.1, 0.15) is 84.5 Å². The van der Waals surface area contributed by atoms with Crippen LogP contribution >= 0.6 is 0 Å². The van der Waals surface area contributed by atoms with Gasteiger partial charge in [-0.15, -0.1) is 0 Å². The number of carbonyl (C=O) groups is 3. The molecule has 0 radical (unpaired) electrons. The standard InChI is InChI=1S/C27H38N2O3/c1-3-4-5-6-7-8-9-10-11-15-24(30)28-21-16-18-22(19-17-21)29-26(31)23-14-12-13-20(2)25(23)27(29)32/h12-13,16-20,23,25H,3-11,14-15H2,1-2H3,(H,28,30)/t20-,23-,25-/m1/s1. The van der Waals surface area contributed by atoms with Crippen LogP contribution in [-0.4, -0.2) is 17.7 Å². The van der Waals surface area contributed by atoms with Gasteiger partial charge in [-0.1, -0.05) is 77.4 Å². The maximum atomic E-state index is 12.9. The highest BCUT2D eigenvalue weighted by Crippen LogP contribution is 2.40. The number of nitrogens with zero attached hydrogens (tertiary/aromatic N) is 1. The van der Waals surface area contributed by atoms with Gasteiger partial charge in [0.15, 0.2) is 0 Å². The number of amides is 3. The lowest BCUT2D eigenvalue weighted by atomic mass is 9.78. The Balaban J connectivity index is 1.41. The lowest BCUT2D eigenvalue weighted by Gasteiger charge is -2.22. The molecule has 3 atom stereocenters. The number of benzene rings is 1. The molecule has 0 unspecified atom stereocenters. The maximum Gasteiger partial charge on any atom is 0.238 e. The predicted octanol–water partition coefficient (Wildman–Crippen LogP) is 6.25. The second kappa shape index (κ2) is 12.0. The van der Waals surface area contributed by atoms with Crippen LogP contribution in [0.5, 0.6) is 0 Å². The summed E-state index contributed by atoms with van der Waals surface area (Å²) in [5, 5.41) is 2.93. The minimum Gasteiger partial charge on any atom is -0.326 e. The minimum atomic E-state index is -0.261. The largest absolute Gasteiger partial charge is 0.326 e. The van der Waals surface area contributed by atoms with E-state index in [1.807, 2.05) is 19.1 Å². The Labute approximate surface area is 192 Å². The molecule has 1 aromatic carbocycles. The van der Waals surface area contributed by atoms with Crippen LogP contribution in [0.4, 0.5) is 11.4 Å². The molecule has 0 bridgehead atoms. The van der Waals surface area contributed by atoms with Crippen molar-refractivity contribution in [1.29, 1.82) is 0 Å². The number of imide groups is 1. The fourth-order valence-corrected chi connectivity index (χ4v) is 4.92. The van der Waals surface area contributed by atoms with Crippen molar-refractivity contribution in [3.63, 3.8) is 0 Å². The van der Waals surface area contributed by atoms with Gasteiger partial charge in [-0.05, 0) is 43.0 Å². The molecule has 5 heteroatoms. The van der Waals surface area contributed by atoms with Crippen LogP contribution in [0.25, 0.3) is 0 Å². The van der Waals surface area contributed by atoms with Crippen LogP contribution in [0.3, 0.4) is 0 Å². The smallest absolute Gasteiger partial charge is 0.238 e. The second-order valence-electron chi connectivity index (χ2n) is 9.34. The molecule has 3 amide bonds. The molecular formula is C27H38N2O3. The lowest BCUT2D eigenvalue weighted by molar-refractivity contribution is -0.122. The number of hydrogen-bond acceptors (Lipinski definition) is 3. The molecule has 1 aliphatic carbocycles. The Morgan fingerprint density at radius 1 is 0.938 bits per heavy atom. The number of fused-ring (bicyclic) bond motifs is 1. The van der Waals surface area contributed by atoms with Crippen LogP contribution in [0.2, 0.25) is 0 Å². The maximum absolute atomic E-state index is 12.9. The Hall–Kier alpha value is -2.43. The highest BCUT2D eigenvalue weighted by molar-refractivity contribution is 6.22. The van der Waals surface area contributed by atoms with E-state index in [2.05, 4.69) is 12.2 Å². The Kier molecular flexibility index (Phi) is 9.07. The van der Waals surface area contributed by atoms with Crippen LogP contribution in [0, 0.1) is 17.8 Å². The number of unbranched alkanes of at least 4 members (excludes halogenated alkanes) is 8. The predicted molar refractivity (Wildman–Crippen MR) is 129 cm³/mol. The molecule has 2 aliphatic rings. The van der Waals surface area contributed by atoms with Gasteiger partial charge in [0.1, 0.15) is 0 Å². The summed E-state index contributed by atoms with van der Waals surface area (Å²) in [7, 11) is 0. The van der Waals surface area contributed by atoms with Crippen molar-refractivity contribution in [3.05, 3.63) is 36.4 Å². The van der Waals surface area contributed by atoms with Gasteiger partial charge < -0.3 is 5.32 Å². The zero-order chi connectivity index (χ0) is 22.9. The highest BCUT2D eigenvalue weighted by atomic mass is 16.2. The van der Waals surface area contributed by atoms with Crippen molar-refractivity contribution in [3.8, 4) is 0 Å². The normalized spacial score (nSPS) is 22.3. The summed E-state index contributed by atoms with van der Waals surface area (Å²) >= 11 is 0. The van der Waals surface area contributed by atoms with Crippen molar-refractivity contribution in [2.45, 2.75) is 84.5 Å². The molecule has 1 fully saturated rings.